The summed E-state index contributed by atoms with van der Waals surface area (Å²) in [7, 11) is 3.25. The van der Waals surface area contributed by atoms with Crippen molar-refractivity contribution in [2.45, 2.75) is 13.0 Å². The molecule has 0 atom stereocenters. The van der Waals surface area contributed by atoms with E-state index in [1.54, 1.807) is 44.6 Å². The molecule has 3 aromatic carbocycles. The Morgan fingerprint density at radius 1 is 1.00 bits per heavy atom. The zero-order chi connectivity index (χ0) is 24.5. The number of rotatable bonds is 6. The largest absolute Gasteiger partial charge is 0.493 e. The third kappa shape index (κ3) is 4.69. The molecule has 8 heteroatoms. The van der Waals surface area contributed by atoms with Crippen molar-refractivity contribution in [2.75, 3.05) is 27.5 Å². The fourth-order valence-corrected chi connectivity index (χ4v) is 4.53. The predicted octanol–water partition coefficient (Wildman–Crippen LogP) is 6.02. The van der Waals surface area contributed by atoms with Crippen molar-refractivity contribution in [2.24, 2.45) is 0 Å². The van der Waals surface area contributed by atoms with Crippen LogP contribution < -0.4 is 18.9 Å². The minimum absolute atomic E-state index is 0.170. The average Bonchev–Trinajstić information content (AvgIpc) is 3.20. The minimum Gasteiger partial charge on any atom is -0.493 e. The molecule has 0 spiro atoms. The van der Waals surface area contributed by atoms with Crippen LogP contribution in [-0.4, -0.2) is 38.2 Å². The maximum absolute atomic E-state index is 13.0. The lowest BCUT2D eigenvalue weighted by Gasteiger charge is -2.29. The Morgan fingerprint density at radius 2 is 1.83 bits per heavy atom. The molecule has 5 rings (SSSR count). The monoisotopic (exact) mass is 511 g/mol. The summed E-state index contributed by atoms with van der Waals surface area (Å²) in [5.74, 6) is 2.76. The number of allylic oxidation sites excluding steroid dienone is 1. The van der Waals surface area contributed by atoms with Crippen LogP contribution in [0.15, 0.2) is 54.3 Å². The lowest BCUT2D eigenvalue weighted by molar-refractivity contribution is 0.0949. The van der Waals surface area contributed by atoms with Gasteiger partial charge in [-0.25, -0.2) is 0 Å². The van der Waals surface area contributed by atoms with E-state index in [-0.39, 0.29) is 11.5 Å². The van der Waals surface area contributed by atoms with E-state index in [1.165, 1.54) is 0 Å². The highest BCUT2D eigenvalue weighted by molar-refractivity contribution is 6.42. The number of carbonyl (C=O) groups excluding carboxylic acids is 1. The van der Waals surface area contributed by atoms with Crippen LogP contribution in [0.1, 0.15) is 27.0 Å². The van der Waals surface area contributed by atoms with Crippen LogP contribution in [0.4, 0.5) is 0 Å². The van der Waals surface area contributed by atoms with E-state index in [4.69, 9.17) is 42.1 Å². The summed E-state index contributed by atoms with van der Waals surface area (Å²) in [5.41, 5.74) is 3.26. The Bertz CT molecular complexity index is 1340. The Hall–Kier alpha value is -3.19. The number of Topliss-reactive ketones (excluding diaryl/α,β-unsaturated/α-hetero) is 1. The van der Waals surface area contributed by atoms with Crippen molar-refractivity contribution >= 4 is 35.1 Å². The summed E-state index contributed by atoms with van der Waals surface area (Å²) >= 11 is 12.1. The number of hydrogen-bond donors (Lipinski definition) is 0. The molecule has 0 N–H and O–H groups in total. The van der Waals surface area contributed by atoms with Gasteiger partial charge in [0.1, 0.15) is 18.2 Å². The summed E-state index contributed by atoms with van der Waals surface area (Å²) in [6.45, 7) is 1.83. The van der Waals surface area contributed by atoms with Crippen molar-refractivity contribution in [1.29, 1.82) is 0 Å². The van der Waals surface area contributed by atoms with Crippen LogP contribution in [-0.2, 0) is 13.0 Å². The molecule has 2 aliphatic heterocycles. The number of nitrogens with zero attached hydrogens (tertiary/aromatic N) is 1. The molecular weight excluding hydrogens is 489 g/mol. The minimum atomic E-state index is -0.170. The van der Waals surface area contributed by atoms with E-state index in [2.05, 4.69) is 4.90 Å². The van der Waals surface area contributed by atoms with Gasteiger partial charge in [-0.1, -0.05) is 35.3 Å². The van der Waals surface area contributed by atoms with Gasteiger partial charge in [0.15, 0.2) is 17.3 Å². The number of carbonyl (C=O) groups is 1. The van der Waals surface area contributed by atoms with E-state index >= 15 is 0 Å². The second-order valence-electron chi connectivity index (χ2n) is 8.30. The molecule has 0 aliphatic carbocycles. The quantitative estimate of drug-likeness (QED) is 0.377. The number of benzene rings is 3. The van der Waals surface area contributed by atoms with E-state index in [0.29, 0.717) is 46.1 Å². The number of methoxy groups -OCH3 is 2. The zero-order valence-electron chi connectivity index (χ0n) is 19.3. The van der Waals surface area contributed by atoms with Gasteiger partial charge < -0.3 is 18.9 Å². The van der Waals surface area contributed by atoms with Crippen LogP contribution in [0.5, 0.6) is 23.0 Å². The third-order valence-electron chi connectivity index (χ3n) is 6.09. The second kappa shape index (κ2) is 9.82. The van der Waals surface area contributed by atoms with Crippen LogP contribution in [0.25, 0.3) is 6.08 Å². The highest BCUT2D eigenvalue weighted by atomic mass is 35.5. The van der Waals surface area contributed by atoms with Crippen molar-refractivity contribution in [3.8, 4) is 23.0 Å². The van der Waals surface area contributed by atoms with Crippen LogP contribution in [0, 0.1) is 0 Å². The molecule has 0 saturated carbocycles. The van der Waals surface area contributed by atoms with Gasteiger partial charge in [-0.2, -0.15) is 0 Å². The number of fused-ring (bicyclic) bond motifs is 3. The average molecular weight is 512 g/mol. The molecule has 0 amide bonds. The lowest BCUT2D eigenvalue weighted by atomic mass is 10.0. The third-order valence-corrected chi connectivity index (χ3v) is 6.83. The molecule has 6 nitrogen and oxygen atoms in total. The molecule has 2 aliphatic rings. The summed E-state index contributed by atoms with van der Waals surface area (Å²) in [5, 5.41) is 0.870. The zero-order valence-corrected chi connectivity index (χ0v) is 20.8. The van der Waals surface area contributed by atoms with E-state index < -0.39 is 0 Å². The highest BCUT2D eigenvalue weighted by Crippen LogP contribution is 2.42. The maximum Gasteiger partial charge on any atom is 0.231 e. The topological polar surface area (TPSA) is 57.2 Å². The van der Waals surface area contributed by atoms with E-state index in [0.717, 1.165) is 35.4 Å². The molecule has 0 unspecified atom stereocenters. The van der Waals surface area contributed by atoms with Crippen molar-refractivity contribution < 1.29 is 23.7 Å². The smallest absolute Gasteiger partial charge is 0.231 e. The molecule has 35 heavy (non-hydrogen) atoms. The lowest BCUT2D eigenvalue weighted by Crippen LogP contribution is -2.33. The van der Waals surface area contributed by atoms with Crippen molar-refractivity contribution in [1.82, 2.24) is 4.90 Å². The molecule has 0 radical (unpaired) electrons. The summed E-state index contributed by atoms with van der Waals surface area (Å²) in [6.07, 6.45) is 2.48. The summed E-state index contributed by atoms with van der Waals surface area (Å²) in [4.78, 5) is 15.2. The number of hydrogen-bond acceptors (Lipinski definition) is 6. The fourth-order valence-electron chi connectivity index (χ4n) is 4.22. The first-order valence-electron chi connectivity index (χ1n) is 11.1. The Kier molecular flexibility index (Phi) is 6.60. The number of ether oxygens (including phenoxy) is 4. The van der Waals surface area contributed by atoms with E-state index in [9.17, 15) is 4.79 Å². The van der Waals surface area contributed by atoms with Gasteiger partial charge >= 0.3 is 0 Å². The standard InChI is InChI=1S/C27H23Cl2NO5/c1-32-23-7-4-16(12-24(23)33-2)9-10-30-14-19-22(34-15-30)8-5-18-26(31)25(35-27(18)19)13-17-3-6-20(28)21(29)11-17/h3-8,11-13H,9-10,14-15H2,1-2H3/b25-13-. The van der Waals surface area contributed by atoms with Gasteiger partial charge in [0.05, 0.1) is 35.4 Å². The highest BCUT2D eigenvalue weighted by Gasteiger charge is 2.33. The van der Waals surface area contributed by atoms with Crippen molar-refractivity contribution in [3.63, 3.8) is 0 Å². The molecule has 2 heterocycles. The van der Waals surface area contributed by atoms with Gasteiger partial charge in [0, 0.05) is 13.1 Å². The number of halogens is 2. The Balaban J connectivity index is 1.33. The fraction of sp³-hybridized carbons (Fsp3) is 0.222. The van der Waals surface area contributed by atoms with E-state index in [1.807, 2.05) is 24.3 Å². The molecular formula is C27H23Cl2NO5. The molecule has 180 valence electrons. The van der Waals surface area contributed by atoms with Gasteiger partial charge in [0.2, 0.25) is 5.78 Å². The number of ketones is 1. The molecule has 0 fully saturated rings. The molecule has 0 saturated heterocycles. The first-order chi connectivity index (χ1) is 17.0. The van der Waals surface area contributed by atoms with Gasteiger partial charge in [-0.15, -0.1) is 0 Å². The molecule has 3 aromatic rings. The molecule has 0 bridgehead atoms. The first kappa shape index (κ1) is 23.5. The van der Waals surface area contributed by atoms with Gasteiger partial charge in [0.25, 0.3) is 0 Å². The Morgan fingerprint density at radius 3 is 2.60 bits per heavy atom. The Labute approximate surface area is 213 Å². The van der Waals surface area contributed by atoms with Crippen LogP contribution >= 0.6 is 23.2 Å². The second-order valence-corrected chi connectivity index (χ2v) is 9.11. The van der Waals surface area contributed by atoms with Gasteiger partial charge in [-0.3, -0.25) is 9.69 Å². The normalized spacial score (nSPS) is 15.9. The SMILES string of the molecule is COc1ccc(CCN2COc3ccc4c(c3C2)O/C(=C\c2ccc(Cl)c(Cl)c2)C4=O)cc1OC. The van der Waals surface area contributed by atoms with Gasteiger partial charge in [-0.05, 0) is 60.0 Å². The summed E-state index contributed by atoms with van der Waals surface area (Å²) in [6, 6.07) is 14.7. The maximum atomic E-state index is 13.0. The summed E-state index contributed by atoms with van der Waals surface area (Å²) < 4.78 is 22.8. The van der Waals surface area contributed by atoms with Crippen LogP contribution in [0.3, 0.4) is 0 Å². The first-order valence-corrected chi connectivity index (χ1v) is 11.8. The van der Waals surface area contributed by atoms with Crippen LogP contribution in [0.2, 0.25) is 10.0 Å². The van der Waals surface area contributed by atoms with Crippen molar-refractivity contribution in [3.05, 3.63) is 86.6 Å². The predicted molar refractivity (Wildman–Crippen MR) is 135 cm³/mol. The molecule has 0 aromatic heterocycles.